The molecule has 0 aromatic heterocycles. The number of ether oxygens (including phenoxy) is 1. The van der Waals surface area contributed by atoms with Crippen LogP contribution >= 0.6 is 11.6 Å². The molecule has 0 radical (unpaired) electrons. The van der Waals surface area contributed by atoms with Gasteiger partial charge in [-0.15, -0.1) is 0 Å². The first-order valence-corrected chi connectivity index (χ1v) is 8.05. The summed E-state index contributed by atoms with van der Waals surface area (Å²) in [5.41, 5.74) is 0.677. The molecule has 7 nitrogen and oxygen atoms in total. The highest BCUT2D eigenvalue weighted by Gasteiger charge is 2.43. The molecular weight excluding hydrogens is 336 g/mol. The normalized spacial score (nSPS) is 24.3. The number of nitrogens with zero attached hydrogens (tertiary/aromatic N) is 2. The van der Waals surface area contributed by atoms with E-state index in [1.54, 1.807) is 24.3 Å². The van der Waals surface area contributed by atoms with Crippen LogP contribution in [0.15, 0.2) is 24.3 Å². The number of halogens is 1. The molecule has 24 heavy (non-hydrogen) atoms. The highest BCUT2D eigenvalue weighted by molar-refractivity contribution is 6.30. The quantitative estimate of drug-likeness (QED) is 0.820. The Hall–Kier alpha value is -2.12. The fourth-order valence-corrected chi connectivity index (χ4v) is 3.18. The zero-order chi connectivity index (χ0) is 17.3. The van der Waals surface area contributed by atoms with Gasteiger partial charge in [-0.2, -0.15) is 0 Å². The predicted molar refractivity (Wildman–Crippen MR) is 85.9 cm³/mol. The summed E-state index contributed by atoms with van der Waals surface area (Å²) in [4.78, 5) is 39.4. The van der Waals surface area contributed by atoms with Gasteiger partial charge in [0.15, 0.2) is 6.04 Å². The zero-order valence-electron chi connectivity index (χ0n) is 12.9. The van der Waals surface area contributed by atoms with E-state index in [2.05, 4.69) is 0 Å². The van der Waals surface area contributed by atoms with E-state index in [9.17, 15) is 19.5 Å². The van der Waals surface area contributed by atoms with Gasteiger partial charge in [-0.25, -0.2) is 4.79 Å². The third kappa shape index (κ3) is 3.09. The van der Waals surface area contributed by atoms with E-state index in [0.29, 0.717) is 23.7 Å². The summed E-state index contributed by atoms with van der Waals surface area (Å²) in [7, 11) is 0. The van der Waals surface area contributed by atoms with Crippen molar-refractivity contribution < 1.29 is 24.2 Å². The molecule has 2 heterocycles. The van der Waals surface area contributed by atoms with E-state index >= 15 is 0 Å². The van der Waals surface area contributed by atoms with Crippen LogP contribution in [0.25, 0.3) is 0 Å². The minimum Gasteiger partial charge on any atom is -0.480 e. The van der Waals surface area contributed by atoms with E-state index in [4.69, 9.17) is 16.3 Å². The zero-order valence-corrected chi connectivity index (χ0v) is 13.6. The second kappa shape index (κ2) is 6.78. The van der Waals surface area contributed by atoms with E-state index in [1.165, 1.54) is 9.80 Å². The Morgan fingerprint density at radius 2 is 1.92 bits per heavy atom. The van der Waals surface area contributed by atoms with Crippen molar-refractivity contribution in [3.63, 3.8) is 0 Å². The standard InChI is InChI=1S/C16H17ClN2O5/c17-10-1-3-11(4-2-10)18-6-5-12(14(18)20)15(21)19-7-8-24-9-13(19)16(22)23/h1-4,12-13H,5-9H2,(H,22,23)/t12-,13-/m0/s1. The maximum Gasteiger partial charge on any atom is 0.328 e. The van der Waals surface area contributed by atoms with Crippen molar-refractivity contribution in [3.8, 4) is 0 Å². The monoisotopic (exact) mass is 352 g/mol. The number of rotatable bonds is 3. The van der Waals surface area contributed by atoms with Gasteiger partial charge in [0.05, 0.1) is 13.2 Å². The average Bonchev–Trinajstić information content (AvgIpc) is 2.96. The molecule has 2 amide bonds. The van der Waals surface area contributed by atoms with Crippen molar-refractivity contribution in [2.24, 2.45) is 5.92 Å². The van der Waals surface area contributed by atoms with E-state index in [0.717, 1.165) is 0 Å². The molecule has 0 bridgehead atoms. The third-order valence-corrected chi connectivity index (χ3v) is 4.59. The van der Waals surface area contributed by atoms with Crippen molar-refractivity contribution in [2.45, 2.75) is 12.5 Å². The summed E-state index contributed by atoms with van der Waals surface area (Å²) < 4.78 is 5.13. The van der Waals surface area contributed by atoms with Crippen LogP contribution in [-0.4, -0.2) is 60.1 Å². The second-order valence-electron chi connectivity index (χ2n) is 5.77. The highest BCUT2D eigenvalue weighted by Crippen LogP contribution is 2.28. The number of carbonyl (C=O) groups is 3. The number of aliphatic carboxylic acids is 1. The SMILES string of the molecule is O=C(O)[C@@H]1COCCN1C(=O)[C@H]1CCN(c2ccc(Cl)cc2)C1=O. The molecule has 0 aliphatic carbocycles. The summed E-state index contributed by atoms with van der Waals surface area (Å²) in [6.07, 6.45) is 0.365. The van der Waals surface area contributed by atoms with Gasteiger partial charge in [0.1, 0.15) is 5.92 Å². The Morgan fingerprint density at radius 1 is 1.21 bits per heavy atom. The highest BCUT2D eigenvalue weighted by atomic mass is 35.5. The lowest BCUT2D eigenvalue weighted by Crippen LogP contribution is -2.55. The van der Waals surface area contributed by atoms with E-state index < -0.39 is 23.8 Å². The topological polar surface area (TPSA) is 87.2 Å². The molecule has 128 valence electrons. The molecule has 8 heteroatoms. The Kier molecular flexibility index (Phi) is 4.73. The lowest BCUT2D eigenvalue weighted by atomic mass is 10.0. The minimum atomic E-state index is -1.12. The van der Waals surface area contributed by atoms with Gasteiger partial charge in [0.2, 0.25) is 11.8 Å². The lowest BCUT2D eigenvalue weighted by molar-refractivity contribution is -0.161. The minimum absolute atomic E-state index is 0.0527. The number of carboxylic acids is 1. The van der Waals surface area contributed by atoms with Crippen molar-refractivity contribution in [2.75, 3.05) is 31.2 Å². The smallest absolute Gasteiger partial charge is 0.328 e. The maximum absolute atomic E-state index is 12.7. The molecule has 3 rings (SSSR count). The van der Waals surface area contributed by atoms with E-state index in [1.807, 2.05) is 0 Å². The molecule has 1 aromatic rings. The third-order valence-electron chi connectivity index (χ3n) is 4.34. The number of morpholine rings is 1. The van der Waals surface area contributed by atoms with Crippen LogP contribution in [0.4, 0.5) is 5.69 Å². The first-order valence-electron chi connectivity index (χ1n) is 7.67. The van der Waals surface area contributed by atoms with Gasteiger partial charge in [0, 0.05) is 23.8 Å². The predicted octanol–water partition coefficient (Wildman–Crippen LogP) is 1.00. The molecule has 0 spiro atoms. The van der Waals surface area contributed by atoms with Gasteiger partial charge in [-0.3, -0.25) is 9.59 Å². The number of carboxylic acid groups (broad SMARTS) is 1. The summed E-state index contributed by atoms with van der Waals surface area (Å²) in [6.45, 7) is 0.819. The Bertz CT molecular complexity index is 663. The number of amides is 2. The number of carbonyl (C=O) groups excluding carboxylic acids is 2. The molecule has 1 aromatic carbocycles. The van der Waals surface area contributed by atoms with Crippen molar-refractivity contribution >= 4 is 35.1 Å². The Labute approximate surface area is 143 Å². The molecule has 2 atom stereocenters. The maximum atomic E-state index is 12.7. The summed E-state index contributed by atoms with van der Waals surface area (Å²) >= 11 is 5.85. The molecule has 2 fully saturated rings. The Balaban J connectivity index is 1.75. The molecule has 0 unspecified atom stereocenters. The van der Waals surface area contributed by atoms with Crippen molar-refractivity contribution in [1.29, 1.82) is 0 Å². The molecule has 2 aliphatic rings. The fourth-order valence-electron chi connectivity index (χ4n) is 3.06. The molecule has 0 saturated carbocycles. The largest absolute Gasteiger partial charge is 0.480 e. The van der Waals surface area contributed by atoms with Crippen LogP contribution in [0.2, 0.25) is 5.02 Å². The van der Waals surface area contributed by atoms with Gasteiger partial charge in [-0.1, -0.05) is 11.6 Å². The summed E-state index contributed by atoms with van der Waals surface area (Å²) in [5, 5.41) is 9.81. The Morgan fingerprint density at radius 3 is 2.58 bits per heavy atom. The van der Waals surface area contributed by atoms with Crippen LogP contribution in [-0.2, 0) is 19.1 Å². The van der Waals surface area contributed by atoms with E-state index in [-0.39, 0.29) is 25.7 Å². The first-order chi connectivity index (χ1) is 11.5. The first kappa shape index (κ1) is 16.7. The average molecular weight is 353 g/mol. The lowest BCUT2D eigenvalue weighted by Gasteiger charge is -2.34. The summed E-state index contributed by atoms with van der Waals surface area (Å²) in [5.74, 6) is -2.71. The molecule has 2 aliphatic heterocycles. The van der Waals surface area contributed by atoms with Crippen LogP contribution in [0, 0.1) is 5.92 Å². The number of anilines is 1. The molecule has 2 saturated heterocycles. The number of benzene rings is 1. The van der Waals surface area contributed by atoms with Crippen LogP contribution in [0.5, 0.6) is 0 Å². The van der Waals surface area contributed by atoms with Crippen LogP contribution in [0.1, 0.15) is 6.42 Å². The van der Waals surface area contributed by atoms with Gasteiger partial charge < -0.3 is 19.6 Å². The molecule has 1 N–H and O–H groups in total. The van der Waals surface area contributed by atoms with Gasteiger partial charge >= 0.3 is 5.97 Å². The number of hydrogen-bond donors (Lipinski definition) is 1. The molecular formula is C16H17ClN2O5. The van der Waals surface area contributed by atoms with Crippen molar-refractivity contribution in [3.05, 3.63) is 29.3 Å². The van der Waals surface area contributed by atoms with Gasteiger partial charge in [0.25, 0.3) is 0 Å². The van der Waals surface area contributed by atoms with Crippen LogP contribution in [0.3, 0.4) is 0 Å². The fraction of sp³-hybridized carbons (Fsp3) is 0.438. The second-order valence-corrected chi connectivity index (χ2v) is 6.20. The number of hydrogen-bond acceptors (Lipinski definition) is 4. The van der Waals surface area contributed by atoms with Crippen LogP contribution < -0.4 is 4.90 Å². The van der Waals surface area contributed by atoms with Gasteiger partial charge in [-0.05, 0) is 30.7 Å². The summed E-state index contributed by atoms with van der Waals surface area (Å²) in [6, 6.07) is 5.77. The van der Waals surface area contributed by atoms with Crippen molar-refractivity contribution in [1.82, 2.24) is 4.90 Å².